The van der Waals surface area contributed by atoms with Crippen molar-refractivity contribution < 1.29 is 13.2 Å². The van der Waals surface area contributed by atoms with Crippen molar-refractivity contribution in [3.8, 4) is 0 Å². The van der Waals surface area contributed by atoms with Gasteiger partial charge in [0.25, 0.3) is 0 Å². The lowest BCUT2D eigenvalue weighted by atomic mass is 10.3. The summed E-state index contributed by atoms with van der Waals surface area (Å²) in [6.07, 6.45) is -2.04. The molecule has 0 atom stereocenters. The summed E-state index contributed by atoms with van der Waals surface area (Å²) in [6.45, 7) is 7.63. The van der Waals surface area contributed by atoms with E-state index < -0.39 is 11.9 Å². The molecule has 2 rings (SSSR count). The highest BCUT2D eigenvalue weighted by Gasteiger charge is 2.38. The molecule has 0 aliphatic carbocycles. The van der Waals surface area contributed by atoms with Crippen LogP contribution >= 0.6 is 23.8 Å². The van der Waals surface area contributed by atoms with Crippen molar-refractivity contribution in [3.63, 3.8) is 0 Å². The van der Waals surface area contributed by atoms with Crippen molar-refractivity contribution in [2.75, 3.05) is 6.54 Å². The Kier molecular flexibility index (Phi) is 7.10. The van der Waals surface area contributed by atoms with Crippen molar-refractivity contribution in [2.24, 2.45) is 0 Å². The second-order valence-electron chi connectivity index (χ2n) is 6.03. The topological polar surface area (TPSA) is 59.7 Å². The molecule has 0 amide bonds. The molecule has 150 valence electrons. The molecule has 0 aliphatic heterocycles. The fourth-order valence-corrected chi connectivity index (χ4v) is 2.90. The standard InChI is InChI=1S/C16H22ClF3N6S/c1-4-25-9-12(10(2)23-25)8-22-15(27)21-6-5-7-26-11(3)13(17)14(24-26)16(18,19)20/h9H,4-8H2,1-3H3,(H2,21,22,27). The van der Waals surface area contributed by atoms with Gasteiger partial charge in [-0.3, -0.25) is 9.36 Å². The van der Waals surface area contributed by atoms with Crippen LogP contribution in [0.25, 0.3) is 0 Å². The van der Waals surface area contributed by atoms with Crippen LogP contribution in [-0.4, -0.2) is 31.2 Å². The minimum absolute atomic E-state index is 0.299. The number of alkyl halides is 3. The molecule has 0 bridgehead atoms. The van der Waals surface area contributed by atoms with E-state index in [9.17, 15) is 13.2 Å². The minimum atomic E-state index is -4.56. The highest BCUT2D eigenvalue weighted by Crippen LogP contribution is 2.35. The van der Waals surface area contributed by atoms with Gasteiger partial charge in [-0.25, -0.2) is 0 Å². The largest absolute Gasteiger partial charge is 0.436 e. The number of nitrogens with zero attached hydrogens (tertiary/aromatic N) is 4. The van der Waals surface area contributed by atoms with E-state index in [2.05, 4.69) is 20.8 Å². The Labute approximate surface area is 166 Å². The summed E-state index contributed by atoms with van der Waals surface area (Å²) < 4.78 is 41.6. The summed E-state index contributed by atoms with van der Waals surface area (Å²) in [6, 6.07) is 0. The van der Waals surface area contributed by atoms with Crippen LogP contribution in [-0.2, 0) is 25.8 Å². The number of aromatic nitrogens is 4. The van der Waals surface area contributed by atoms with Crippen molar-refractivity contribution in [3.05, 3.63) is 33.9 Å². The maximum Gasteiger partial charge on any atom is 0.436 e. The molecule has 0 fully saturated rings. The maximum absolute atomic E-state index is 12.8. The molecule has 2 heterocycles. The summed E-state index contributed by atoms with van der Waals surface area (Å²) >= 11 is 10.9. The molecule has 0 saturated heterocycles. The number of aryl methyl sites for hydroxylation is 3. The number of halogens is 4. The second kappa shape index (κ2) is 8.92. The molecule has 2 aromatic heterocycles. The van der Waals surface area contributed by atoms with Crippen LogP contribution in [0.15, 0.2) is 6.20 Å². The molecule has 27 heavy (non-hydrogen) atoms. The zero-order chi connectivity index (χ0) is 20.2. The van der Waals surface area contributed by atoms with Crippen LogP contribution in [0.1, 0.15) is 36.0 Å². The monoisotopic (exact) mass is 422 g/mol. The third kappa shape index (κ3) is 5.58. The Hall–Kier alpha value is -1.81. The van der Waals surface area contributed by atoms with Gasteiger partial charge in [0.1, 0.15) is 0 Å². The molecule has 0 saturated carbocycles. The van der Waals surface area contributed by atoms with Gasteiger partial charge in [-0.05, 0) is 39.4 Å². The highest BCUT2D eigenvalue weighted by molar-refractivity contribution is 7.80. The third-order valence-corrected chi connectivity index (χ3v) is 4.79. The number of hydrogen-bond acceptors (Lipinski definition) is 3. The van der Waals surface area contributed by atoms with Crippen LogP contribution in [0.3, 0.4) is 0 Å². The van der Waals surface area contributed by atoms with E-state index in [1.807, 2.05) is 24.7 Å². The fourth-order valence-electron chi connectivity index (χ4n) is 2.49. The Balaban J connectivity index is 1.76. The predicted octanol–water partition coefficient (Wildman–Crippen LogP) is 3.44. The molecule has 0 unspecified atom stereocenters. The zero-order valence-corrected chi connectivity index (χ0v) is 16.9. The molecule has 2 N–H and O–H groups in total. The first-order valence-corrected chi connectivity index (χ1v) is 9.26. The second-order valence-corrected chi connectivity index (χ2v) is 6.81. The Bertz CT molecular complexity index is 799. The average Bonchev–Trinajstić information content (AvgIpc) is 3.10. The first kappa shape index (κ1) is 21.5. The van der Waals surface area contributed by atoms with Crippen molar-refractivity contribution in [1.29, 1.82) is 0 Å². The van der Waals surface area contributed by atoms with Gasteiger partial charge in [0.05, 0.1) is 16.4 Å². The molecule has 0 aliphatic rings. The third-order valence-electron chi connectivity index (χ3n) is 4.05. The Morgan fingerprint density at radius 1 is 1.26 bits per heavy atom. The summed E-state index contributed by atoms with van der Waals surface area (Å²) in [7, 11) is 0. The van der Waals surface area contributed by atoms with Crippen molar-refractivity contribution in [1.82, 2.24) is 30.2 Å². The molecule has 11 heteroatoms. The van der Waals surface area contributed by atoms with E-state index >= 15 is 0 Å². The fraction of sp³-hybridized carbons (Fsp3) is 0.562. The van der Waals surface area contributed by atoms with Gasteiger partial charge in [-0.1, -0.05) is 11.6 Å². The van der Waals surface area contributed by atoms with E-state index in [4.69, 9.17) is 23.8 Å². The van der Waals surface area contributed by atoms with E-state index in [0.717, 1.165) is 17.8 Å². The molecule has 2 aromatic rings. The van der Waals surface area contributed by atoms with Crippen LogP contribution in [0, 0.1) is 13.8 Å². The Morgan fingerprint density at radius 3 is 2.52 bits per heavy atom. The molecule has 0 radical (unpaired) electrons. The number of thiocarbonyl (C=S) groups is 1. The van der Waals surface area contributed by atoms with Gasteiger partial charge in [-0.2, -0.15) is 23.4 Å². The van der Waals surface area contributed by atoms with Crippen LogP contribution < -0.4 is 10.6 Å². The lowest BCUT2D eigenvalue weighted by molar-refractivity contribution is -0.141. The average molecular weight is 423 g/mol. The Morgan fingerprint density at radius 2 is 1.96 bits per heavy atom. The smallest absolute Gasteiger partial charge is 0.363 e. The van der Waals surface area contributed by atoms with Gasteiger partial charge in [0.2, 0.25) is 0 Å². The lowest BCUT2D eigenvalue weighted by Crippen LogP contribution is -2.35. The number of hydrogen-bond donors (Lipinski definition) is 2. The SMILES string of the molecule is CCn1cc(CNC(=S)NCCCn2nc(C(F)(F)F)c(Cl)c2C)c(C)n1. The van der Waals surface area contributed by atoms with Crippen LogP contribution in [0.2, 0.25) is 5.02 Å². The van der Waals surface area contributed by atoms with Gasteiger partial charge in [0.15, 0.2) is 10.8 Å². The summed E-state index contributed by atoms with van der Waals surface area (Å²) in [4.78, 5) is 0. The lowest BCUT2D eigenvalue weighted by Gasteiger charge is -2.10. The first-order chi connectivity index (χ1) is 12.6. The summed E-state index contributed by atoms with van der Waals surface area (Å²) in [5, 5.41) is 14.2. The molecule has 0 aromatic carbocycles. The summed E-state index contributed by atoms with van der Waals surface area (Å²) in [5.41, 5.74) is 1.25. The molecule has 0 spiro atoms. The minimum Gasteiger partial charge on any atom is -0.363 e. The highest BCUT2D eigenvalue weighted by atomic mass is 35.5. The first-order valence-electron chi connectivity index (χ1n) is 8.48. The quantitative estimate of drug-likeness (QED) is 0.528. The van der Waals surface area contributed by atoms with Crippen molar-refractivity contribution in [2.45, 2.75) is 53.0 Å². The van der Waals surface area contributed by atoms with E-state index in [1.165, 1.54) is 11.6 Å². The van der Waals surface area contributed by atoms with Gasteiger partial charge >= 0.3 is 6.18 Å². The molecular formula is C16H22ClF3N6S. The number of rotatable bonds is 7. The van der Waals surface area contributed by atoms with Gasteiger partial charge in [-0.15, -0.1) is 0 Å². The van der Waals surface area contributed by atoms with Crippen molar-refractivity contribution >= 4 is 28.9 Å². The van der Waals surface area contributed by atoms with Crippen LogP contribution in [0.4, 0.5) is 13.2 Å². The normalized spacial score (nSPS) is 11.7. The maximum atomic E-state index is 12.8. The van der Waals surface area contributed by atoms with E-state index in [-0.39, 0.29) is 5.02 Å². The van der Waals surface area contributed by atoms with E-state index in [0.29, 0.717) is 36.9 Å². The summed E-state index contributed by atoms with van der Waals surface area (Å²) in [5.74, 6) is 0. The molecule has 6 nitrogen and oxygen atoms in total. The van der Waals surface area contributed by atoms with Crippen LogP contribution in [0.5, 0.6) is 0 Å². The van der Waals surface area contributed by atoms with E-state index in [1.54, 1.807) is 0 Å². The number of nitrogens with one attached hydrogen (secondary N) is 2. The molecular weight excluding hydrogens is 401 g/mol. The predicted molar refractivity (Wildman–Crippen MR) is 102 cm³/mol. The van der Waals surface area contributed by atoms with Gasteiger partial charge in [0, 0.05) is 37.9 Å². The van der Waals surface area contributed by atoms with Gasteiger partial charge < -0.3 is 10.6 Å². The zero-order valence-electron chi connectivity index (χ0n) is 15.3.